The Balaban J connectivity index is 2.48. The van der Waals surface area contributed by atoms with Gasteiger partial charge in [0.2, 0.25) is 0 Å². The molecule has 0 aliphatic rings. The number of aryl methyl sites for hydroxylation is 1. The van der Waals surface area contributed by atoms with Gasteiger partial charge in [-0.3, -0.25) is 0 Å². The van der Waals surface area contributed by atoms with Gasteiger partial charge in [0, 0.05) is 9.85 Å². The maximum atomic E-state index is 6.00. The number of benzene rings is 1. The van der Waals surface area contributed by atoms with Crippen LogP contribution in [0.1, 0.15) is 38.2 Å². The molecule has 0 heterocycles. The highest BCUT2D eigenvalue weighted by molar-refractivity contribution is 9.09. The molecule has 0 bridgehead atoms. The van der Waals surface area contributed by atoms with Crippen LogP contribution in [0.15, 0.2) is 18.2 Å². The van der Waals surface area contributed by atoms with Crippen molar-refractivity contribution in [3.05, 3.63) is 28.8 Å². The van der Waals surface area contributed by atoms with E-state index in [1.807, 2.05) is 18.2 Å². The summed E-state index contributed by atoms with van der Waals surface area (Å²) in [6, 6.07) is 5.81. The first-order valence-corrected chi connectivity index (χ1v) is 7.43. The molecule has 1 aromatic rings. The number of rotatable bonds is 7. The number of halogens is 2. The van der Waals surface area contributed by atoms with Crippen molar-refractivity contribution in [2.24, 2.45) is 0 Å². The lowest BCUT2D eigenvalue weighted by Gasteiger charge is -2.11. The molecule has 0 aromatic heterocycles. The third-order valence-corrected chi connectivity index (χ3v) is 3.96. The predicted molar refractivity (Wildman–Crippen MR) is 78.6 cm³/mol. The van der Waals surface area contributed by atoms with Crippen molar-refractivity contribution < 1.29 is 4.74 Å². The molecule has 3 heteroatoms. The molecule has 0 aliphatic heterocycles. The van der Waals surface area contributed by atoms with E-state index in [1.54, 1.807) is 7.11 Å². The van der Waals surface area contributed by atoms with Gasteiger partial charge in [-0.1, -0.05) is 40.9 Å². The van der Waals surface area contributed by atoms with Crippen LogP contribution in [0.4, 0.5) is 0 Å². The normalized spacial score (nSPS) is 12.5. The minimum Gasteiger partial charge on any atom is -0.496 e. The summed E-state index contributed by atoms with van der Waals surface area (Å²) < 4.78 is 5.33. The molecule has 0 fully saturated rings. The lowest BCUT2D eigenvalue weighted by atomic mass is 10.0. The summed E-state index contributed by atoms with van der Waals surface area (Å²) in [4.78, 5) is 0.637. The van der Waals surface area contributed by atoms with E-state index in [2.05, 4.69) is 22.9 Å². The standard InChI is InChI=1S/C14H20BrClO/c1-3-5-12(15)7-4-6-11-10-13(16)8-9-14(11)17-2/h8-10,12H,3-7H2,1-2H3. The van der Waals surface area contributed by atoms with E-state index in [0.29, 0.717) is 4.83 Å². The van der Waals surface area contributed by atoms with E-state index in [4.69, 9.17) is 16.3 Å². The first-order chi connectivity index (χ1) is 8.17. The maximum Gasteiger partial charge on any atom is 0.122 e. The van der Waals surface area contributed by atoms with Crippen molar-refractivity contribution in [3.8, 4) is 5.75 Å². The Morgan fingerprint density at radius 3 is 2.76 bits per heavy atom. The molecule has 0 saturated heterocycles. The zero-order chi connectivity index (χ0) is 12.7. The van der Waals surface area contributed by atoms with Crippen molar-refractivity contribution in [2.45, 2.75) is 43.9 Å². The Morgan fingerprint density at radius 1 is 1.35 bits per heavy atom. The minimum atomic E-state index is 0.637. The van der Waals surface area contributed by atoms with E-state index < -0.39 is 0 Å². The topological polar surface area (TPSA) is 9.23 Å². The lowest BCUT2D eigenvalue weighted by molar-refractivity contribution is 0.409. The number of methoxy groups -OCH3 is 1. The molecule has 96 valence electrons. The zero-order valence-electron chi connectivity index (χ0n) is 10.5. The molecule has 1 nitrogen and oxygen atoms in total. The fraction of sp³-hybridized carbons (Fsp3) is 0.571. The van der Waals surface area contributed by atoms with Crippen LogP contribution in [-0.2, 0) is 6.42 Å². The van der Waals surface area contributed by atoms with Crippen LogP contribution in [0, 0.1) is 0 Å². The second-order valence-electron chi connectivity index (χ2n) is 4.23. The average molecular weight is 320 g/mol. The average Bonchev–Trinajstić information content (AvgIpc) is 2.30. The van der Waals surface area contributed by atoms with Gasteiger partial charge in [-0.25, -0.2) is 0 Å². The van der Waals surface area contributed by atoms with Gasteiger partial charge in [-0.15, -0.1) is 0 Å². The molecular formula is C14H20BrClO. The first kappa shape index (κ1) is 14.8. The summed E-state index contributed by atoms with van der Waals surface area (Å²) in [5, 5.41) is 0.782. The molecule has 1 rings (SSSR count). The van der Waals surface area contributed by atoms with Crippen LogP contribution in [0.2, 0.25) is 5.02 Å². The van der Waals surface area contributed by atoms with Crippen molar-refractivity contribution in [1.82, 2.24) is 0 Å². The summed E-state index contributed by atoms with van der Waals surface area (Å²) in [6.45, 7) is 2.22. The van der Waals surface area contributed by atoms with E-state index in [0.717, 1.165) is 23.6 Å². The fourth-order valence-electron chi connectivity index (χ4n) is 1.91. The highest BCUT2D eigenvalue weighted by Crippen LogP contribution is 2.25. The summed E-state index contributed by atoms with van der Waals surface area (Å²) >= 11 is 9.70. The predicted octanol–water partition coefficient (Wildman–Crippen LogP) is 5.23. The summed E-state index contributed by atoms with van der Waals surface area (Å²) in [5.74, 6) is 0.941. The SMILES string of the molecule is CCCC(Br)CCCc1cc(Cl)ccc1OC. The molecule has 0 aliphatic carbocycles. The summed E-state index contributed by atoms with van der Waals surface area (Å²) in [5.41, 5.74) is 1.20. The Morgan fingerprint density at radius 2 is 2.12 bits per heavy atom. The maximum absolute atomic E-state index is 6.00. The van der Waals surface area contributed by atoms with Gasteiger partial charge in [0.15, 0.2) is 0 Å². The molecule has 0 saturated carbocycles. The van der Waals surface area contributed by atoms with E-state index in [1.165, 1.54) is 24.8 Å². The summed E-state index contributed by atoms with van der Waals surface area (Å²) in [7, 11) is 1.71. The van der Waals surface area contributed by atoms with Gasteiger partial charge in [-0.05, 0) is 49.4 Å². The Labute approximate surface area is 118 Å². The largest absolute Gasteiger partial charge is 0.496 e. The molecule has 17 heavy (non-hydrogen) atoms. The van der Waals surface area contributed by atoms with Gasteiger partial charge in [-0.2, -0.15) is 0 Å². The zero-order valence-corrected chi connectivity index (χ0v) is 12.9. The highest BCUT2D eigenvalue weighted by Gasteiger charge is 2.06. The molecule has 1 atom stereocenters. The first-order valence-electron chi connectivity index (χ1n) is 6.13. The number of alkyl halides is 1. The molecule has 0 amide bonds. The molecule has 0 spiro atoms. The van der Waals surface area contributed by atoms with E-state index >= 15 is 0 Å². The molecule has 0 radical (unpaired) electrons. The smallest absolute Gasteiger partial charge is 0.122 e. The molecule has 1 aromatic carbocycles. The van der Waals surface area contributed by atoms with Gasteiger partial charge in [0.1, 0.15) is 5.75 Å². The number of hydrogen-bond donors (Lipinski definition) is 0. The van der Waals surface area contributed by atoms with Crippen LogP contribution in [0.25, 0.3) is 0 Å². The van der Waals surface area contributed by atoms with Crippen molar-refractivity contribution in [3.63, 3.8) is 0 Å². The van der Waals surface area contributed by atoms with Crippen LogP contribution < -0.4 is 4.74 Å². The van der Waals surface area contributed by atoms with Crippen molar-refractivity contribution >= 4 is 27.5 Å². The lowest BCUT2D eigenvalue weighted by Crippen LogP contribution is -1.99. The van der Waals surface area contributed by atoms with Gasteiger partial charge < -0.3 is 4.74 Å². The minimum absolute atomic E-state index is 0.637. The van der Waals surface area contributed by atoms with Crippen LogP contribution in [0.3, 0.4) is 0 Å². The highest BCUT2D eigenvalue weighted by atomic mass is 79.9. The molecule has 1 unspecified atom stereocenters. The Kier molecular flexibility index (Phi) is 6.98. The van der Waals surface area contributed by atoms with Crippen molar-refractivity contribution in [1.29, 1.82) is 0 Å². The molecule has 0 N–H and O–H groups in total. The number of hydrogen-bond acceptors (Lipinski definition) is 1. The van der Waals surface area contributed by atoms with Gasteiger partial charge in [0.05, 0.1) is 7.11 Å². The van der Waals surface area contributed by atoms with Crippen LogP contribution in [0.5, 0.6) is 5.75 Å². The quantitative estimate of drug-likeness (QED) is 0.625. The third-order valence-electron chi connectivity index (χ3n) is 2.81. The van der Waals surface area contributed by atoms with E-state index in [9.17, 15) is 0 Å². The Bertz CT molecular complexity index is 341. The van der Waals surface area contributed by atoms with Crippen LogP contribution in [-0.4, -0.2) is 11.9 Å². The third kappa shape index (κ3) is 5.31. The fourth-order valence-corrected chi connectivity index (χ4v) is 2.89. The second-order valence-corrected chi connectivity index (χ2v) is 5.97. The van der Waals surface area contributed by atoms with Crippen molar-refractivity contribution in [2.75, 3.05) is 7.11 Å². The molecular weight excluding hydrogens is 300 g/mol. The Hall–Kier alpha value is -0.210. The van der Waals surface area contributed by atoms with Gasteiger partial charge >= 0.3 is 0 Å². The summed E-state index contributed by atoms with van der Waals surface area (Å²) in [6.07, 6.45) is 5.86. The van der Waals surface area contributed by atoms with Crippen LogP contribution >= 0.6 is 27.5 Å². The monoisotopic (exact) mass is 318 g/mol. The van der Waals surface area contributed by atoms with E-state index in [-0.39, 0.29) is 0 Å². The second kappa shape index (κ2) is 7.99. The number of ether oxygens (including phenoxy) is 1. The van der Waals surface area contributed by atoms with Gasteiger partial charge in [0.25, 0.3) is 0 Å².